The Morgan fingerprint density at radius 3 is 1.21 bits per heavy atom. The Kier molecular flexibility index (Phi) is 18.4. The van der Waals surface area contributed by atoms with Crippen LogP contribution in [0.3, 0.4) is 0 Å². The number of benzene rings is 8. The molecule has 0 radical (unpaired) electrons. The summed E-state index contributed by atoms with van der Waals surface area (Å²) in [6.45, 7) is 0. The van der Waals surface area contributed by atoms with Crippen LogP contribution in [0, 0.1) is 0 Å². The topological polar surface area (TPSA) is 415 Å². The minimum atomic E-state index is -5.34. The Hall–Kier alpha value is -5.79. The second-order valence-corrected chi connectivity index (χ2v) is 19.1. The smallest absolute Gasteiger partial charge is 0.871 e. The van der Waals surface area contributed by atoms with Crippen LogP contribution in [0.2, 0.25) is 0 Å². The van der Waals surface area contributed by atoms with Gasteiger partial charge in [0.05, 0.1) is 44.7 Å². The molecular weight excluding hydrogens is 1040 g/mol. The van der Waals surface area contributed by atoms with Gasteiger partial charge in [-0.1, -0.05) is 41.8 Å². The van der Waals surface area contributed by atoms with E-state index >= 15 is 0 Å². The number of rotatable bonds is 12. The molecule has 29 heteroatoms. The predicted octanol–water partition coefficient (Wildman–Crippen LogP) is 0.207. The molecule has 8 aromatic rings. The quantitative estimate of drug-likeness (QED) is 0.0412. The van der Waals surface area contributed by atoms with Gasteiger partial charge in [0.1, 0.15) is 37.0 Å². The second kappa shape index (κ2) is 23.2. The first kappa shape index (κ1) is 58.1. The van der Waals surface area contributed by atoms with Gasteiger partial charge >= 0.3 is 88.7 Å². The van der Waals surface area contributed by atoms with E-state index in [0.29, 0.717) is 22.6 Å². The Morgan fingerprint density at radius 1 is 0.397 bits per heavy atom. The molecule has 354 valence electrons. The van der Waals surface area contributed by atoms with E-state index in [1.54, 1.807) is 18.2 Å². The first-order valence-corrected chi connectivity index (χ1v) is 24.0. The summed E-state index contributed by atoms with van der Waals surface area (Å²) < 4.78 is 107. The zero-order valence-electron chi connectivity index (χ0n) is 38.3. The van der Waals surface area contributed by atoms with Gasteiger partial charge in [0, 0.05) is 11.4 Å². The Balaban J connectivity index is 0.00000329. The maximum absolute atomic E-state index is 13.7. The van der Waals surface area contributed by atoms with Crippen molar-refractivity contribution in [3.8, 4) is 22.6 Å². The van der Waals surface area contributed by atoms with E-state index in [0.717, 1.165) is 24.3 Å². The third kappa shape index (κ3) is 13.3. The van der Waals surface area contributed by atoms with Crippen molar-refractivity contribution in [2.45, 2.75) is 14.7 Å². The number of hydrogen-bond acceptors (Lipinski definition) is 21. The largest absolute Gasteiger partial charge is 1.00 e. The summed E-state index contributed by atoms with van der Waals surface area (Å²) >= 11 is 0. The second-order valence-electron chi connectivity index (χ2n) is 15.0. The minimum Gasteiger partial charge on any atom is -0.871 e. The molecule has 0 amide bonds. The standard InChI is InChI=1S/C44H34N12O11S3.3Na/c45-26-6-13-35(33(47)18-26)52-50-29-10-3-24-16-39(69(62,63)64)41(43(57)31(24)20-29)55-49-28-8-1-22(2-9-28)23-5-12-37(38(15-23)68(59,60)61)54-56-42-40(70(65,66)67)17-25-4-11-30(21-32(25)44(42)58)51-53-36-14-7-27(46)19-34(36)48;;;/h1-21,57-58H,45-48H2,(H,59,60,61)(H,62,63,64)(H,65,66,67);;;/q;3*+1/p-3. The number of nitrogen functional groups attached to an aromatic ring is 4. The van der Waals surface area contributed by atoms with Gasteiger partial charge in [0.25, 0.3) is 20.2 Å². The molecule has 0 unspecified atom stereocenters. The predicted molar refractivity (Wildman–Crippen MR) is 253 cm³/mol. The molecule has 0 saturated heterocycles. The van der Waals surface area contributed by atoms with Crippen molar-refractivity contribution in [2.24, 2.45) is 40.9 Å². The molecule has 8 rings (SSSR count). The SMILES string of the molecule is Nc1ccc(N=Nc2ccc3cc(S(=O)(=O)O)c(N=Nc4ccc(-c5ccc(N=Nc6c(S(=O)(=O)O)cc7ccc(N=Nc8ccc(N)cc8N)cc7c6[O-])c(S(=O)(=O)[O-])c5)cc4)c([O-])c3c2)c(N)c1.[Na+].[Na+].[Na+]. The molecule has 23 nitrogen and oxygen atoms in total. The maximum Gasteiger partial charge on any atom is 1.00 e. The van der Waals surface area contributed by atoms with Crippen LogP contribution in [0.4, 0.5) is 68.2 Å². The molecule has 0 atom stereocenters. The van der Waals surface area contributed by atoms with Gasteiger partial charge in [0.2, 0.25) is 0 Å². The Bertz CT molecular complexity index is 3960. The average Bonchev–Trinajstić information content (AvgIpc) is 3.29. The van der Waals surface area contributed by atoms with E-state index in [1.165, 1.54) is 84.9 Å². The van der Waals surface area contributed by atoms with Crippen LogP contribution < -0.4 is 122 Å². The summed E-state index contributed by atoms with van der Waals surface area (Å²) in [5.41, 5.74) is 23.7. The third-order valence-electron chi connectivity index (χ3n) is 10.2. The van der Waals surface area contributed by atoms with Crippen molar-refractivity contribution in [1.82, 2.24) is 0 Å². The molecule has 10 N–H and O–H groups in total. The van der Waals surface area contributed by atoms with Gasteiger partial charge < -0.3 is 37.7 Å². The van der Waals surface area contributed by atoms with Crippen LogP contribution in [-0.2, 0) is 30.4 Å². The number of azo groups is 4. The van der Waals surface area contributed by atoms with E-state index in [4.69, 9.17) is 22.9 Å². The van der Waals surface area contributed by atoms with Gasteiger partial charge in [-0.15, -0.1) is 25.6 Å². The monoisotopic (exact) mass is 1070 g/mol. The van der Waals surface area contributed by atoms with Gasteiger partial charge in [-0.25, -0.2) is 8.42 Å². The van der Waals surface area contributed by atoms with E-state index in [2.05, 4.69) is 40.9 Å². The molecule has 0 aliphatic heterocycles. The number of fused-ring (bicyclic) bond motifs is 2. The van der Waals surface area contributed by atoms with Crippen molar-refractivity contribution in [2.75, 3.05) is 22.9 Å². The third-order valence-corrected chi connectivity index (χ3v) is 12.8. The molecule has 73 heavy (non-hydrogen) atoms. The first-order chi connectivity index (χ1) is 33.0. The maximum atomic E-state index is 13.7. The zero-order valence-corrected chi connectivity index (χ0v) is 46.8. The van der Waals surface area contributed by atoms with E-state index in [-0.39, 0.29) is 150 Å². The summed E-state index contributed by atoms with van der Waals surface area (Å²) in [5, 5.41) is 59.0. The summed E-state index contributed by atoms with van der Waals surface area (Å²) in [6.07, 6.45) is 0. The number of hydrogen-bond donors (Lipinski definition) is 6. The molecule has 0 saturated carbocycles. The van der Waals surface area contributed by atoms with Crippen LogP contribution in [0.25, 0.3) is 32.7 Å². The summed E-state index contributed by atoms with van der Waals surface area (Å²) in [7, 11) is -15.5. The summed E-state index contributed by atoms with van der Waals surface area (Å²) in [6, 6.07) is 28.1. The molecule has 0 aromatic heterocycles. The molecule has 0 heterocycles. The fourth-order valence-electron chi connectivity index (χ4n) is 6.80. The fraction of sp³-hybridized carbons (Fsp3) is 0. The molecule has 0 aliphatic rings. The molecule has 0 fully saturated rings. The number of nitrogens with two attached hydrogens (primary N) is 4. The van der Waals surface area contributed by atoms with Gasteiger partial charge in [-0.2, -0.15) is 32.2 Å². The Labute approximate surface area is 481 Å². The molecule has 8 aromatic carbocycles. The van der Waals surface area contributed by atoms with Crippen molar-refractivity contribution in [3.05, 3.63) is 127 Å². The number of nitrogens with zero attached hydrogens (tertiary/aromatic N) is 8. The summed E-state index contributed by atoms with van der Waals surface area (Å²) in [4.78, 5) is -2.72. The van der Waals surface area contributed by atoms with Gasteiger partial charge in [0.15, 0.2) is 0 Å². The molecule has 0 aliphatic carbocycles. The van der Waals surface area contributed by atoms with Crippen molar-refractivity contribution in [3.63, 3.8) is 0 Å². The molecule has 0 bridgehead atoms. The van der Waals surface area contributed by atoms with E-state index in [1.807, 2.05) is 0 Å². The van der Waals surface area contributed by atoms with Crippen LogP contribution in [-0.4, -0.2) is 38.9 Å². The van der Waals surface area contributed by atoms with Crippen molar-refractivity contribution < 1.29 is 138 Å². The first-order valence-electron chi connectivity index (χ1n) is 19.7. The van der Waals surface area contributed by atoms with E-state index < -0.39 is 73.6 Å². The van der Waals surface area contributed by atoms with Crippen LogP contribution >= 0.6 is 0 Å². The number of anilines is 4. The molecule has 0 spiro atoms. The van der Waals surface area contributed by atoms with Gasteiger partial charge in [-0.05, 0) is 130 Å². The fourth-order valence-corrected chi connectivity index (χ4v) is 8.74. The van der Waals surface area contributed by atoms with Crippen LogP contribution in [0.15, 0.2) is 183 Å². The van der Waals surface area contributed by atoms with Crippen LogP contribution in [0.5, 0.6) is 11.5 Å². The van der Waals surface area contributed by atoms with Crippen molar-refractivity contribution >= 4 is 120 Å². The Morgan fingerprint density at radius 2 is 0.781 bits per heavy atom. The summed E-state index contributed by atoms with van der Waals surface area (Å²) in [5.74, 6) is -1.98. The average molecular weight is 1070 g/mol. The zero-order chi connectivity index (χ0) is 50.3. The minimum absolute atomic E-state index is 0. The molecular formula is C44H31N12Na3O11S3. The van der Waals surface area contributed by atoms with Crippen molar-refractivity contribution in [1.29, 1.82) is 0 Å². The van der Waals surface area contributed by atoms with Crippen LogP contribution in [0.1, 0.15) is 0 Å². The normalized spacial score (nSPS) is 12.2. The van der Waals surface area contributed by atoms with E-state index in [9.17, 15) is 49.1 Å². The van der Waals surface area contributed by atoms with Gasteiger partial charge in [-0.3, -0.25) is 9.11 Å².